The summed E-state index contributed by atoms with van der Waals surface area (Å²) >= 11 is 0. The van der Waals surface area contributed by atoms with Crippen LogP contribution in [0.2, 0.25) is 0 Å². The number of hydrogen-bond donors (Lipinski definition) is 1. The SMILES string of the molecule is C=N/C(=N\CCN)c1ccc(F)cn1. The molecular weight excluding hydrogens is 183 g/mol. The number of nitrogens with zero attached hydrogens (tertiary/aromatic N) is 3. The molecule has 0 unspecified atom stereocenters. The first kappa shape index (κ1) is 10.5. The number of halogens is 1. The van der Waals surface area contributed by atoms with E-state index in [0.717, 1.165) is 6.20 Å². The van der Waals surface area contributed by atoms with Gasteiger partial charge in [0.25, 0.3) is 0 Å². The third-order valence-corrected chi connectivity index (χ3v) is 1.50. The Labute approximate surface area is 81.4 Å². The van der Waals surface area contributed by atoms with Crippen molar-refractivity contribution in [2.75, 3.05) is 13.1 Å². The number of aliphatic imine (C=N–C) groups is 2. The minimum absolute atomic E-state index is 0.385. The van der Waals surface area contributed by atoms with Gasteiger partial charge in [0.05, 0.1) is 12.7 Å². The lowest BCUT2D eigenvalue weighted by atomic mass is 10.3. The van der Waals surface area contributed by atoms with Gasteiger partial charge in [-0.15, -0.1) is 0 Å². The van der Waals surface area contributed by atoms with Crippen LogP contribution in [0.15, 0.2) is 28.3 Å². The van der Waals surface area contributed by atoms with E-state index in [4.69, 9.17) is 5.73 Å². The number of aromatic nitrogens is 1. The Morgan fingerprint density at radius 3 is 2.86 bits per heavy atom. The fourth-order valence-corrected chi connectivity index (χ4v) is 0.891. The highest BCUT2D eigenvalue weighted by molar-refractivity contribution is 5.99. The third-order valence-electron chi connectivity index (χ3n) is 1.50. The highest BCUT2D eigenvalue weighted by Gasteiger charge is 2.01. The van der Waals surface area contributed by atoms with Gasteiger partial charge < -0.3 is 5.73 Å². The van der Waals surface area contributed by atoms with E-state index in [-0.39, 0.29) is 0 Å². The first-order chi connectivity index (χ1) is 6.77. The predicted octanol–water partition coefficient (Wildman–Crippen LogP) is 0.627. The molecule has 2 N–H and O–H groups in total. The van der Waals surface area contributed by atoms with Gasteiger partial charge in [0.15, 0.2) is 5.84 Å². The fourth-order valence-electron chi connectivity index (χ4n) is 0.891. The molecule has 1 heterocycles. The van der Waals surface area contributed by atoms with Crippen LogP contribution in [-0.4, -0.2) is 30.6 Å². The van der Waals surface area contributed by atoms with Gasteiger partial charge in [0.1, 0.15) is 11.5 Å². The van der Waals surface area contributed by atoms with Crippen molar-refractivity contribution in [3.05, 3.63) is 29.8 Å². The van der Waals surface area contributed by atoms with Crippen molar-refractivity contribution in [3.8, 4) is 0 Å². The number of amidine groups is 1. The van der Waals surface area contributed by atoms with Crippen molar-refractivity contribution < 1.29 is 4.39 Å². The van der Waals surface area contributed by atoms with Crippen molar-refractivity contribution in [1.82, 2.24) is 4.98 Å². The summed E-state index contributed by atoms with van der Waals surface area (Å²) in [5, 5.41) is 0. The normalized spacial score (nSPS) is 11.4. The largest absolute Gasteiger partial charge is 0.329 e. The first-order valence-corrected chi connectivity index (χ1v) is 4.11. The minimum atomic E-state index is -0.393. The lowest BCUT2D eigenvalue weighted by Crippen LogP contribution is -2.07. The summed E-state index contributed by atoms with van der Waals surface area (Å²) < 4.78 is 12.5. The molecule has 1 rings (SSSR count). The highest BCUT2D eigenvalue weighted by atomic mass is 19.1. The second kappa shape index (κ2) is 5.18. The van der Waals surface area contributed by atoms with Crippen LogP contribution in [0, 0.1) is 5.82 Å². The standard InChI is InChI=1S/C9H11FN4/c1-12-9(13-5-4-11)8-3-2-7(10)6-14-8/h2-3,6H,1,4-5,11H2/b13-9-. The maximum Gasteiger partial charge on any atom is 0.172 e. The van der Waals surface area contributed by atoms with Crippen LogP contribution in [0.1, 0.15) is 5.69 Å². The van der Waals surface area contributed by atoms with Crippen molar-refractivity contribution >= 4 is 12.6 Å². The van der Waals surface area contributed by atoms with E-state index >= 15 is 0 Å². The van der Waals surface area contributed by atoms with Gasteiger partial charge in [-0.2, -0.15) is 0 Å². The van der Waals surface area contributed by atoms with Crippen molar-refractivity contribution in [2.45, 2.75) is 0 Å². The van der Waals surface area contributed by atoms with Crippen LogP contribution in [0.4, 0.5) is 4.39 Å². The molecule has 14 heavy (non-hydrogen) atoms. The molecule has 1 aromatic rings. The van der Waals surface area contributed by atoms with Gasteiger partial charge >= 0.3 is 0 Å². The van der Waals surface area contributed by atoms with Crippen molar-refractivity contribution in [1.29, 1.82) is 0 Å². The van der Waals surface area contributed by atoms with E-state index in [0.29, 0.717) is 24.6 Å². The van der Waals surface area contributed by atoms with Gasteiger partial charge in [0, 0.05) is 6.54 Å². The van der Waals surface area contributed by atoms with Crippen LogP contribution in [-0.2, 0) is 0 Å². The Morgan fingerprint density at radius 1 is 1.57 bits per heavy atom. The van der Waals surface area contributed by atoms with E-state index < -0.39 is 5.82 Å². The molecule has 0 aliphatic heterocycles. The Kier molecular flexibility index (Phi) is 3.87. The van der Waals surface area contributed by atoms with Crippen LogP contribution < -0.4 is 5.73 Å². The smallest absolute Gasteiger partial charge is 0.172 e. The number of hydrogen-bond acceptors (Lipinski definition) is 3. The topological polar surface area (TPSA) is 63.6 Å². The predicted molar refractivity (Wildman–Crippen MR) is 54.2 cm³/mol. The Bertz CT molecular complexity index is 331. The van der Waals surface area contributed by atoms with Gasteiger partial charge in [-0.1, -0.05) is 0 Å². The zero-order valence-corrected chi connectivity index (χ0v) is 7.65. The average molecular weight is 194 g/mol. The second-order valence-electron chi connectivity index (χ2n) is 2.51. The molecule has 0 aliphatic carbocycles. The molecule has 0 aromatic carbocycles. The minimum Gasteiger partial charge on any atom is -0.329 e. The van der Waals surface area contributed by atoms with Gasteiger partial charge in [-0.05, 0) is 18.9 Å². The summed E-state index contributed by atoms with van der Waals surface area (Å²) in [6.07, 6.45) is 1.11. The van der Waals surface area contributed by atoms with Crippen LogP contribution in [0.25, 0.3) is 0 Å². The van der Waals surface area contributed by atoms with Crippen molar-refractivity contribution in [2.24, 2.45) is 15.7 Å². The summed E-state index contributed by atoms with van der Waals surface area (Å²) in [5.41, 5.74) is 5.78. The third kappa shape index (κ3) is 2.70. The number of nitrogens with two attached hydrogens (primary N) is 1. The molecule has 0 saturated heterocycles. The summed E-state index contributed by atoms with van der Waals surface area (Å²) in [7, 11) is 0. The molecule has 0 amide bonds. The lowest BCUT2D eigenvalue weighted by molar-refractivity contribution is 0.621. The number of rotatable bonds is 3. The van der Waals surface area contributed by atoms with Gasteiger partial charge in [0.2, 0.25) is 0 Å². The second-order valence-corrected chi connectivity index (χ2v) is 2.51. The molecule has 5 heteroatoms. The van der Waals surface area contributed by atoms with Crippen LogP contribution in [0.3, 0.4) is 0 Å². The molecule has 0 fully saturated rings. The molecule has 0 atom stereocenters. The summed E-state index contributed by atoms with van der Waals surface area (Å²) in [5.74, 6) is -0.00793. The lowest BCUT2D eigenvalue weighted by Gasteiger charge is -1.98. The van der Waals surface area contributed by atoms with Crippen LogP contribution >= 0.6 is 0 Å². The van der Waals surface area contributed by atoms with E-state index in [1.165, 1.54) is 12.1 Å². The zero-order valence-electron chi connectivity index (χ0n) is 7.65. The van der Waals surface area contributed by atoms with Crippen LogP contribution in [0.5, 0.6) is 0 Å². The molecular formula is C9H11FN4. The van der Waals surface area contributed by atoms with E-state index in [1.807, 2.05) is 0 Å². The molecule has 0 aliphatic rings. The Balaban J connectivity index is 2.89. The fraction of sp³-hybridized carbons (Fsp3) is 0.222. The van der Waals surface area contributed by atoms with Gasteiger partial charge in [-0.3, -0.25) is 4.99 Å². The summed E-state index contributed by atoms with van der Waals surface area (Å²) in [6, 6.07) is 2.80. The molecule has 0 spiro atoms. The molecule has 74 valence electrons. The maximum atomic E-state index is 12.5. The molecule has 0 bridgehead atoms. The summed E-state index contributed by atoms with van der Waals surface area (Å²) in [6.45, 7) is 4.24. The molecule has 0 saturated carbocycles. The maximum absolute atomic E-state index is 12.5. The monoisotopic (exact) mass is 194 g/mol. The first-order valence-electron chi connectivity index (χ1n) is 4.11. The van der Waals surface area contributed by atoms with Gasteiger partial charge in [-0.25, -0.2) is 14.4 Å². The van der Waals surface area contributed by atoms with E-state index in [2.05, 4.69) is 21.7 Å². The Hall–Kier alpha value is -1.62. The Morgan fingerprint density at radius 2 is 2.36 bits per heavy atom. The van der Waals surface area contributed by atoms with E-state index in [9.17, 15) is 4.39 Å². The van der Waals surface area contributed by atoms with E-state index in [1.54, 1.807) is 0 Å². The molecule has 1 aromatic heterocycles. The average Bonchev–Trinajstić information content (AvgIpc) is 2.21. The number of pyridine rings is 1. The quantitative estimate of drug-likeness (QED) is 0.566. The summed E-state index contributed by atoms with van der Waals surface area (Å²) in [4.78, 5) is 11.5. The molecule has 0 radical (unpaired) electrons. The highest BCUT2D eigenvalue weighted by Crippen LogP contribution is 2.00. The molecule has 4 nitrogen and oxygen atoms in total. The zero-order chi connectivity index (χ0) is 10.4. The van der Waals surface area contributed by atoms with Crippen molar-refractivity contribution in [3.63, 3.8) is 0 Å².